The second-order valence-electron chi connectivity index (χ2n) is 7.77. The minimum atomic E-state index is -0.697. The molecule has 33 heavy (non-hydrogen) atoms. The third kappa shape index (κ3) is 6.32. The molecular weight excluding hydrogens is 440 g/mol. The van der Waals surface area contributed by atoms with Gasteiger partial charge in [-0.1, -0.05) is 36.4 Å². The third-order valence-electron chi connectivity index (χ3n) is 5.37. The van der Waals surface area contributed by atoms with Gasteiger partial charge in [0.2, 0.25) is 0 Å². The highest BCUT2D eigenvalue weighted by molar-refractivity contribution is 7.09. The number of nitrogens with one attached hydrogen (secondary N) is 1. The predicted molar refractivity (Wildman–Crippen MR) is 125 cm³/mol. The zero-order chi connectivity index (χ0) is 23.0. The van der Waals surface area contributed by atoms with Crippen LogP contribution < -0.4 is 14.8 Å². The summed E-state index contributed by atoms with van der Waals surface area (Å²) in [5, 5.41) is 5.28. The lowest BCUT2D eigenvalue weighted by Crippen LogP contribution is -2.24. The van der Waals surface area contributed by atoms with E-state index >= 15 is 0 Å². The van der Waals surface area contributed by atoms with Gasteiger partial charge in [-0.3, -0.25) is 10.1 Å². The van der Waals surface area contributed by atoms with Gasteiger partial charge in [-0.15, -0.1) is 11.3 Å². The molecule has 1 atom stereocenters. The fourth-order valence-corrected chi connectivity index (χ4v) is 4.42. The number of methoxy groups -OCH3 is 1. The summed E-state index contributed by atoms with van der Waals surface area (Å²) in [4.78, 5) is 27.3. The third-order valence-corrected chi connectivity index (χ3v) is 6.33. The maximum absolute atomic E-state index is 11.6. The van der Waals surface area contributed by atoms with Gasteiger partial charge in [-0.05, 0) is 48.9 Å². The molecule has 8 heteroatoms. The van der Waals surface area contributed by atoms with Crippen LogP contribution in [0.25, 0.3) is 0 Å². The summed E-state index contributed by atoms with van der Waals surface area (Å²) < 4.78 is 16.4. The van der Waals surface area contributed by atoms with Crippen molar-refractivity contribution >= 4 is 23.3 Å². The first-order valence-corrected chi connectivity index (χ1v) is 11.8. The number of imide groups is 1. The van der Waals surface area contributed by atoms with Gasteiger partial charge in [-0.2, -0.15) is 0 Å². The number of amides is 2. The van der Waals surface area contributed by atoms with Crippen LogP contribution in [0.1, 0.15) is 34.7 Å². The highest BCUT2D eigenvalue weighted by Crippen LogP contribution is 2.30. The van der Waals surface area contributed by atoms with E-state index in [2.05, 4.69) is 34.6 Å². The van der Waals surface area contributed by atoms with Crippen LogP contribution >= 0.6 is 11.3 Å². The Labute approximate surface area is 196 Å². The smallest absolute Gasteiger partial charge is 0.414 e. The van der Waals surface area contributed by atoms with Crippen molar-refractivity contribution in [3.63, 3.8) is 0 Å². The van der Waals surface area contributed by atoms with E-state index in [0.717, 1.165) is 35.5 Å². The van der Waals surface area contributed by atoms with Crippen molar-refractivity contribution in [2.75, 3.05) is 7.11 Å². The number of hydrogen-bond donors (Lipinski definition) is 1. The van der Waals surface area contributed by atoms with Crippen LogP contribution in [0.5, 0.6) is 11.5 Å². The highest BCUT2D eigenvalue weighted by atomic mass is 32.1. The standard InChI is InChI=1S/C25H26N2O5S/c1-30-22-14-18(8-5-9-21-24(28)27-25(29)32-21)10-12-20(22)31-15-19-16-33-23(26-19)13-11-17-6-3-2-4-7-17/h2-4,6-7,10,12,14,16,21H,5,8-9,11,13,15H2,1H3,(H,27,28,29). The molecule has 7 nitrogen and oxygen atoms in total. The van der Waals surface area contributed by atoms with Crippen molar-refractivity contribution in [3.8, 4) is 11.5 Å². The van der Waals surface area contributed by atoms with E-state index in [1.54, 1.807) is 18.4 Å². The van der Waals surface area contributed by atoms with Crippen LogP contribution in [0.2, 0.25) is 0 Å². The molecule has 172 valence electrons. The second kappa shape index (κ2) is 11.0. The predicted octanol–water partition coefficient (Wildman–Crippen LogP) is 4.47. The summed E-state index contributed by atoms with van der Waals surface area (Å²) in [5.74, 6) is 0.938. The molecule has 2 aromatic carbocycles. The molecule has 1 aliphatic rings. The van der Waals surface area contributed by atoms with Crippen molar-refractivity contribution in [2.24, 2.45) is 0 Å². The number of carbonyl (C=O) groups excluding carboxylic acids is 2. The monoisotopic (exact) mass is 466 g/mol. The summed E-state index contributed by atoms with van der Waals surface area (Å²) in [6.45, 7) is 0.375. The minimum Gasteiger partial charge on any atom is -0.493 e. The molecule has 2 heterocycles. The Morgan fingerprint density at radius 1 is 1.03 bits per heavy atom. The first kappa shape index (κ1) is 22.8. The van der Waals surface area contributed by atoms with Crippen LogP contribution in [0.3, 0.4) is 0 Å². The van der Waals surface area contributed by atoms with E-state index < -0.39 is 12.2 Å². The van der Waals surface area contributed by atoms with Crippen LogP contribution in [-0.2, 0) is 35.4 Å². The van der Waals surface area contributed by atoms with Gasteiger partial charge >= 0.3 is 6.09 Å². The number of nitrogens with zero attached hydrogens (tertiary/aromatic N) is 1. The number of ether oxygens (including phenoxy) is 3. The zero-order valence-corrected chi connectivity index (χ0v) is 19.2. The van der Waals surface area contributed by atoms with Crippen molar-refractivity contribution < 1.29 is 23.8 Å². The molecule has 0 radical (unpaired) electrons. The number of carbonyl (C=O) groups is 2. The molecule has 0 aliphatic carbocycles. The Morgan fingerprint density at radius 3 is 2.64 bits per heavy atom. The van der Waals surface area contributed by atoms with Crippen molar-refractivity contribution in [1.29, 1.82) is 0 Å². The van der Waals surface area contributed by atoms with E-state index in [0.29, 0.717) is 30.9 Å². The summed E-state index contributed by atoms with van der Waals surface area (Å²) in [7, 11) is 1.61. The molecule has 0 spiro atoms. The second-order valence-corrected chi connectivity index (χ2v) is 8.71. The number of alkyl carbamates (subject to hydrolysis) is 1. The number of hydrogen-bond acceptors (Lipinski definition) is 7. The van der Waals surface area contributed by atoms with Crippen molar-refractivity contribution in [3.05, 3.63) is 75.7 Å². The van der Waals surface area contributed by atoms with Crippen LogP contribution in [-0.4, -0.2) is 30.2 Å². The highest BCUT2D eigenvalue weighted by Gasteiger charge is 2.31. The molecule has 2 amide bonds. The van der Waals surface area contributed by atoms with E-state index in [4.69, 9.17) is 14.2 Å². The minimum absolute atomic E-state index is 0.369. The molecule has 1 unspecified atom stereocenters. The van der Waals surface area contributed by atoms with Gasteiger partial charge in [-0.25, -0.2) is 9.78 Å². The fourth-order valence-electron chi connectivity index (χ4n) is 3.64. The quantitative estimate of drug-likeness (QED) is 0.449. The normalized spacial score (nSPS) is 15.2. The number of rotatable bonds is 11. The largest absolute Gasteiger partial charge is 0.493 e. The first-order chi connectivity index (χ1) is 16.1. The molecular formula is C25H26N2O5S. The van der Waals surface area contributed by atoms with Crippen molar-refractivity contribution in [1.82, 2.24) is 10.3 Å². The first-order valence-electron chi connectivity index (χ1n) is 10.9. The summed E-state index contributed by atoms with van der Waals surface area (Å²) in [5.41, 5.74) is 3.27. The molecule has 1 saturated heterocycles. The average Bonchev–Trinajstić information content (AvgIpc) is 3.42. The maximum atomic E-state index is 11.6. The molecule has 1 N–H and O–H groups in total. The zero-order valence-electron chi connectivity index (χ0n) is 18.4. The van der Waals surface area contributed by atoms with E-state index in [9.17, 15) is 9.59 Å². The van der Waals surface area contributed by atoms with Gasteiger partial charge in [0.1, 0.15) is 6.61 Å². The van der Waals surface area contributed by atoms with E-state index in [1.165, 1.54) is 5.56 Å². The summed E-state index contributed by atoms with van der Waals surface area (Å²) >= 11 is 1.65. The van der Waals surface area contributed by atoms with Gasteiger partial charge < -0.3 is 14.2 Å². The Balaban J connectivity index is 1.26. The van der Waals surface area contributed by atoms with Gasteiger partial charge in [0, 0.05) is 11.8 Å². The lowest BCUT2D eigenvalue weighted by atomic mass is 10.1. The number of aromatic nitrogens is 1. The Hall–Kier alpha value is -3.39. The topological polar surface area (TPSA) is 86.8 Å². The Morgan fingerprint density at radius 2 is 1.88 bits per heavy atom. The fraction of sp³-hybridized carbons (Fsp3) is 0.320. The van der Waals surface area contributed by atoms with Crippen molar-refractivity contribution in [2.45, 2.75) is 44.8 Å². The maximum Gasteiger partial charge on any atom is 0.414 e. The van der Waals surface area contributed by atoms with E-state index in [-0.39, 0.29) is 5.91 Å². The molecule has 1 aliphatic heterocycles. The average molecular weight is 467 g/mol. The summed E-state index contributed by atoms with van der Waals surface area (Å²) in [6, 6.07) is 16.2. The number of aryl methyl sites for hydroxylation is 3. The van der Waals surface area contributed by atoms with Gasteiger partial charge in [0.25, 0.3) is 5.91 Å². The lowest BCUT2D eigenvalue weighted by Gasteiger charge is -2.12. The molecule has 4 rings (SSSR count). The molecule has 0 bridgehead atoms. The number of cyclic esters (lactones) is 1. The lowest BCUT2D eigenvalue weighted by molar-refractivity contribution is -0.123. The van der Waals surface area contributed by atoms with Gasteiger partial charge in [0.15, 0.2) is 17.6 Å². The van der Waals surface area contributed by atoms with Crippen LogP contribution in [0, 0.1) is 0 Å². The SMILES string of the molecule is COc1cc(CCCC2OC(=O)NC2=O)ccc1OCc1csc(CCc2ccccc2)n1. The number of thiazole rings is 1. The van der Waals surface area contributed by atoms with E-state index in [1.807, 2.05) is 29.6 Å². The Kier molecular flexibility index (Phi) is 7.57. The Bertz CT molecular complexity index is 1100. The molecule has 1 fully saturated rings. The molecule has 0 saturated carbocycles. The van der Waals surface area contributed by atoms with Gasteiger partial charge in [0.05, 0.1) is 17.8 Å². The molecule has 1 aromatic heterocycles. The van der Waals surface area contributed by atoms with Crippen LogP contribution in [0.15, 0.2) is 53.9 Å². The number of benzene rings is 2. The van der Waals surface area contributed by atoms with Crippen LogP contribution in [0.4, 0.5) is 4.79 Å². The summed E-state index contributed by atoms with van der Waals surface area (Å²) in [6.07, 6.45) is 2.43. The molecule has 3 aromatic rings.